The average Bonchev–Trinajstić information content (AvgIpc) is 2.94. The zero-order valence-corrected chi connectivity index (χ0v) is 13.4. The van der Waals surface area contributed by atoms with Gasteiger partial charge < -0.3 is 10.2 Å². The standard InChI is InChI=1S/C17H26N4/c1-4-21-9-5-6-16(21)13-20(3)17-8-7-14(12-19-2)10-15(17)11-18/h7-8,10,16,19H,4-6,9,12-13H2,1-3H3. The maximum Gasteiger partial charge on any atom is 0.101 e. The van der Waals surface area contributed by atoms with Crippen LogP contribution in [0.2, 0.25) is 0 Å². The number of anilines is 1. The van der Waals surface area contributed by atoms with Crippen LogP contribution >= 0.6 is 0 Å². The molecule has 1 aliphatic rings. The van der Waals surface area contributed by atoms with Crippen LogP contribution in [0.15, 0.2) is 18.2 Å². The van der Waals surface area contributed by atoms with Crippen molar-refractivity contribution in [3.63, 3.8) is 0 Å². The summed E-state index contributed by atoms with van der Waals surface area (Å²) in [4.78, 5) is 4.78. The van der Waals surface area contributed by atoms with E-state index in [-0.39, 0.29) is 0 Å². The van der Waals surface area contributed by atoms with Crippen LogP contribution in [0.3, 0.4) is 0 Å². The molecule has 4 heteroatoms. The van der Waals surface area contributed by atoms with Crippen molar-refractivity contribution in [3.8, 4) is 6.07 Å². The molecule has 0 saturated carbocycles. The Labute approximate surface area is 128 Å². The van der Waals surface area contributed by atoms with Crippen molar-refractivity contribution in [1.29, 1.82) is 5.26 Å². The third-order valence-corrected chi connectivity index (χ3v) is 4.36. The van der Waals surface area contributed by atoms with Crippen LogP contribution in [-0.2, 0) is 6.54 Å². The van der Waals surface area contributed by atoms with E-state index >= 15 is 0 Å². The first kappa shape index (κ1) is 15.8. The molecule has 21 heavy (non-hydrogen) atoms. The summed E-state index contributed by atoms with van der Waals surface area (Å²) in [7, 11) is 4.02. The lowest BCUT2D eigenvalue weighted by molar-refractivity contribution is 0.270. The number of nitrogens with one attached hydrogen (secondary N) is 1. The third-order valence-electron chi connectivity index (χ3n) is 4.36. The Balaban J connectivity index is 2.11. The van der Waals surface area contributed by atoms with Crippen molar-refractivity contribution in [2.24, 2.45) is 0 Å². The molecule has 0 bridgehead atoms. The van der Waals surface area contributed by atoms with Gasteiger partial charge in [-0.1, -0.05) is 13.0 Å². The highest BCUT2D eigenvalue weighted by Gasteiger charge is 2.24. The summed E-state index contributed by atoms with van der Waals surface area (Å²) < 4.78 is 0. The first-order chi connectivity index (χ1) is 10.2. The molecule has 1 aromatic carbocycles. The SMILES string of the molecule is CCN1CCCC1CN(C)c1ccc(CNC)cc1C#N. The molecule has 1 saturated heterocycles. The van der Waals surface area contributed by atoms with Crippen molar-refractivity contribution in [2.75, 3.05) is 38.6 Å². The van der Waals surface area contributed by atoms with Gasteiger partial charge in [-0.15, -0.1) is 0 Å². The summed E-state index contributed by atoms with van der Waals surface area (Å²) in [6, 6.07) is 9.14. The van der Waals surface area contributed by atoms with Crippen LogP contribution in [0.25, 0.3) is 0 Å². The van der Waals surface area contributed by atoms with Gasteiger partial charge in [-0.2, -0.15) is 5.26 Å². The molecule has 0 radical (unpaired) electrons. The first-order valence-electron chi connectivity index (χ1n) is 7.82. The molecule has 0 spiro atoms. The highest BCUT2D eigenvalue weighted by molar-refractivity contribution is 5.60. The largest absolute Gasteiger partial charge is 0.372 e. The second-order valence-corrected chi connectivity index (χ2v) is 5.80. The highest BCUT2D eigenvalue weighted by Crippen LogP contribution is 2.24. The van der Waals surface area contributed by atoms with Crippen LogP contribution < -0.4 is 10.2 Å². The Morgan fingerprint density at radius 3 is 2.95 bits per heavy atom. The molecule has 0 aliphatic carbocycles. The molecular weight excluding hydrogens is 260 g/mol. The molecule has 1 unspecified atom stereocenters. The number of nitriles is 1. The van der Waals surface area contributed by atoms with Gasteiger partial charge in [0.25, 0.3) is 0 Å². The van der Waals surface area contributed by atoms with Gasteiger partial charge >= 0.3 is 0 Å². The van der Waals surface area contributed by atoms with E-state index in [9.17, 15) is 5.26 Å². The van der Waals surface area contributed by atoms with Gasteiger partial charge in [-0.3, -0.25) is 4.90 Å². The van der Waals surface area contributed by atoms with Crippen molar-refractivity contribution < 1.29 is 0 Å². The molecule has 1 fully saturated rings. The number of hydrogen-bond donors (Lipinski definition) is 1. The van der Waals surface area contributed by atoms with E-state index in [0.717, 1.165) is 36.4 Å². The number of likely N-dealkylation sites (tertiary alicyclic amines) is 1. The summed E-state index contributed by atoms with van der Waals surface area (Å²) in [5.74, 6) is 0. The molecule has 4 nitrogen and oxygen atoms in total. The molecule has 2 rings (SSSR count). The van der Waals surface area contributed by atoms with Gasteiger partial charge in [-0.05, 0) is 50.7 Å². The van der Waals surface area contributed by atoms with Crippen LogP contribution in [0.1, 0.15) is 30.9 Å². The van der Waals surface area contributed by atoms with Gasteiger partial charge in [0.15, 0.2) is 0 Å². The number of hydrogen-bond acceptors (Lipinski definition) is 4. The van der Waals surface area contributed by atoms with Crippen LogP contribution in [0.5, 0.6) is 0 Å². The van der Waals surface area contributed by atoms with Crippen molar-refractivity contribution >= 4 is 5.69 Å². The number of likely N-dealkylation sites (N-methyl/N-ethyl adjacent to an activating group) is 2. The van der Waals surface area contributed by atoms with Gasteiger partial charge in [0.2, 0.25) is 0 Å². The maximum absolute atomic E-state index is 9.41. The fraction of sp³-hybridized carbons (Fsp3) is 0.588. The quantitative estimate of drug-likeness (QED) is 0.870. The number of benzene rings is 1. The fourth-order valence-corrected chi connectivity index (χ4v) is 3.25. The predicted molar refractivity (Wildman–Crippen MR) is 87.5 cm³/mol. The van der Waals surface area contributed by atoms with Crippen LogP contribution in [0, 0.1) is 11.3 Å². The molecular formula is C17H26N4. The minimum absolute atomic E-state index is 0.614. The van der Waals surface area contributed by atoms with Gasteiger partial charge in [0.1, 0.15) is 6.07 Å². The van der Waals surface area contributed by atoms with Gasteiger partial charge in [0.05, 0.1) is 11.3 Å². The van der Waals surface area contributed by atoms with E-state index in [1.54, 1.807) is 0 Å². The van der Waals surface area contributed by atoms with Crippen molar-refractivity contribution in [2.45, 2.75) is 32.4 Å². The predicted octanol–water partition coefficient (Wildman–Crippen LogP) is 2.20. The topological polar surface area (TPSA) is 42.3 Å². The number of rotatable bonds is 6. The smallest absolute Gasteiger partial charge is 0.101 e. The Bertz CT molecular complexity index is 506. The van der Waals surface area contributed by atoms with E-state index in [0.29, 0.717) is 6.04 Å². The average molecular weight is 286 g/mol. The molecule has 1 heterocycles. The van der Waals surface area contributed by atoms with E-state index in [1.165, 1.54) is 19.4 Å². The lowest BCUT2D eigenvalue weighted by Crippen LogP contribution is -2.39. The summed E-state index contributed by atoms with van der Waals surface area (Å²) in [5, 5.41) is 12.5. The summed E-state index contributed by atoms with van der Waals surface area (Å²) in [6.07, 6.45) is 2.55. The fourth-order valence-electron chi connectivity index (χ4n) is 3.25. The Morgan fingerprint density at radius 1 is 1.48 bits per heavy atom. The second kappa shape index (κ2) is 7.44. The van der Waals surface area contributed by atoms with Crippen molar-refractivity contribution in [1.82, 2.24) is 10.2 Å². The first-order valence-corrected chi connectivity index (χ1v) is 7.82. The molecule has 1 aliphatic heterocycles. The van der Waals surface area contributed by atoms with Gasteiger partial charge in [0, 0.05) is 26.2 Å². The normalized spacial score (nSPS) is 18.7. The monoisotopic (exact) mass is 286 g/mol. The maximum atomic E-state index is 9.41. The Morgan fingerprint density at radius 2 is 2.29 bits per heavy atom. The Kier molecular flexibility index (Phi) is 5.60. The van der Waals surface area contributed by atoms with Crippen LogP contribution in [0.4, 0.5) is 5.69 Å². The van der Waals surface area contributed by atoms with Crippen molar-refractivity contribution in [3.05, 3.63) is 29.3 Å². The molecule has 1 N–H and O–H groups in total. The lowest BCUT2D eigenvalue weighted by Gasteiger charge is -2.29. The van der Waals surface area contributed by atoms with E-state index in [2.05, 4.69) is 47.3 Å². The highest BCUT2D eigenvalue weighted by atomic mass is 15.2. The molecule has 1 atom stereocenters. The van der Waals surface area contributed by atoms with Gasteiger partial charge in [-0.25, -0.2) is 0 Å². The molecule has 0 amide bonds. The Hall–Kier alpha value is -1.57. The van der Waals surface area contributed by atoms with Crippen LogP contribution in [-0.4, -0.2) is 44.7 Å². The minimum Gasteiger partial charge on any atom is -0.372 e. The second-order valence-electron chi connectivity index (χ2n) is 5.80. The summed E-state index contributed by atoms with van der Waals surface area (Å²) in [6.45, 7) is 6.34. The number of nitrogens with zero attached hydrogens (tertiary/aromatic N) is 3. The molecule has 114 valence electrons. The molecule has 1 aromatic rings. The summed E-state index contributed by atoms with van der Waals surface area (Å²) >= 11 is 0. The third kappa shape index (κ3) is 3.75. The van der Waals surface area contributed by atoms with E-state index in [1.807, 2.05) is 13.1 Å². The lowest BCUT2D eigenvalue weighted by atomic mass is 10.1. The minimum atomic E-state index is 0.614. The van der Waals surface area contributed by atoms with E-state index in [4.69, 9.17) is 0 Å². The summed E-state index contributed by atoms with van der Waals surface area (Å²) in [5.41, 5.74) is 2.97. The molecule has 0 aromatic heterocycles. The zero-order chi connectivity index (χ0) is 15.2. The zero-order valence-electron chi connectivity index (χ0n) is 13.4. The van der Waals surface area contributed by atoms with E-state index < -0.39 is 0 Å².